The Morgan fingerprint density at radius 2 is 1.96 bits per heavy atom. The number of imide groups is 1. The molecule has 2 heterocycles. The highest BCUT2D eigenvalue weighted by Gasteiger charge is 2.59. The van der Waals surface area contributed by atoms with E-state index in [4.69, 9.17) is 4.74 Å². The molecule has 3 aliphatic rings. The first kappa shape index (κ1) is 15.2. The lowest BCUT2D eigenvalue weighted by Gasteiger charge is -2.25. The van der Waals surface area contributed by atoms with Crippen LogP contribution in [0.3, 0.4) is 0 Å². The summed E-state index contributed by atoms with van der Waals surface area (Å²) in [4.78, 5) is 29.3. The standard InChI is InChI=1S/C20H17N3O3/c1-26-17-9-16(14-5-3-2-4-13(14)15(17)10-21)23-19(24)18-11-6-7-12(8-11)22(18)20(23)25/h2-5,9,11-12,18H,6-8H2,1H3/t11?,12?,18-/m0/s1. The van der Waals surface area contributed by atoms with Gasteiger partial charge in [-0.05, 0) is 25.2 Å². The predicted molar refractivity (Wildman–Crippen MR) is 94.9 cm³/mol. The molecule has 3 atom stereocenters. The minimum atomic E-state index is -0.332. The van der Waals surface area contributed by atoms with Gasteiger partial charge in [0.25, 0.3) is 5.91 Å². The lowest BCUT2D eigenvalue weighted by atomic mass is 9.98. The molecule has 5 rings (SSSR count). The molecule has 6 heteroatoms. The van der Waals surface area contributed by atoms with Gasteiger partial charge in [-0.2, -0.15) is 5.26 Å². The van der Waals surface area contributed by atoms with Crippen LogP contribution in [0.25, 0.3) is 10.8 Å². The Hall–Kier alpha value is -3.07. The van der Waals surface area contributed by atoms with Gasteiger partial charge in [0.05, 0.1) is 12.8 Å². The summed E-state index contributed by atoms with van der Waals surface area (Å²) in [6, 6.07) is 10.7. The van der Waals surface area contributed by atoms with E-state index in [1.54, 1.807) is 11.0 Å². The third-order valence-electron chi connectivity index (χ3n) is 6.03. The summed E-state index contributed by atoms with van der Waals surface area (Å²) >= 11 is 0. The van der Waals surface area contributed by atoms with E-state index in [0.717, 1.165) is 19.3 Å². The average molecular weight is 347 g/mol. The molecule has 0 radical (unpaired) electrons. The highest BCUT2D eigenvalue weighted by molar-refractivity contribution is 6.25. The molecule has 2 aromatic carbocycles. The zero-order chi connectivity index (χ0) is 18.0. The van der Waals surface area contributed by atoms with E-state index in [9.17, 15) is 14.9 Å². The van der Waals surface area contributed by atoms with Crippen molar-refractivity contribution >= 4 is 28.4 Å². The Morgan fingerprint density at radius 3 is 2.65 bits per heavy atom. The van der Waals surface area contributed by atoms with Gasteiger partial charge in [0.1, 0.15) is 23.4 Å². The summed E-state index contributed by atoms with van der Waals surface area (Å²) in [6.45, 7) is 0. The van der Waals surface area contributed by atoms with Crippen LogP contribution in [0, 0.1) is 17.2 Å². The second kappa shape index (κ2) is 5.21. The van der Waals surface area contributed by atoms with Crippen LogP contribution in [0.5, 0.6) is 5.75 Å². The molecule has 3 amide bonds. The second-order valence-electron chi connectivity index (χ2n) is 7.17. The number of anilines is 1. The monoisotopic (exact) mass is 347 g/mol. The molecule has 2 saturated heterocycles. The number of ether oxygens (including phenoxy) is 1. The quantitative estimate of drug-likeness (QED) is 0.783. The molecule has 2 aliphatic heterocycles. The topological polar surface area (TPSA) is 73.6 Å². The third-order valence-corrected chi connectivity index (χ3v) is 6.03. The Labute approximate surface area is 150 Å². The van der Waals surface area contributed by atoms with Crippen molar-refractivity contribution in [3.05, 3.63) is 35.9 Å². The molecular formula is C20H17N3O3. The van der Waals surface area contributed by atoms with Crippen molar-refractivity contribution in [3.63, 3.8) is 0 Å². The number of nitrogens with zero attached hydrogens (tertiary/aromatic N) is 3. The van der Waals surface area contributed by atoms with Crippen LogP contribution in [0.4, 0.5) is 10.5 Å². The minimum absolute atomic E-state index is 0.154. The van der Waals surface area contributed by atoms with Crippen molar-refractivity contribution in [2.24, 2.45) is 5.92 Å². The number of hydrogen-bond acceptors (Lipinski definition) is 4. The SMILES string of the molecule is COc1cc(N2C(=O)[C@@H]3C4CCC(C4)N3C2=O)c2ccccc2c1C#N. The van der Waals surface area contributed by atoms with Gasteiger partial charge >= 0.3 is 6.03 Å². The summed E-state index contributed by atoms with van der Waals surface area (Å²) in [5, 5.41) is 10.9. The van der Waals surface area contributed by atoms with Crippen molar-refractivity contribution < 1.29 is 14.3 Å². The maximum Gasteiger partial charge on any atom is 0.332 e. The lowest BCUT2D eigenvalue weighted by molar-refractivity contribution is -0.120. The average Bonchev–Trinajstić information content (AvgIpc) is 3.34. The predicted octanol–water partition coefficient (Wildman–Crippen LogP) is 3.04. The van der Waals surface area contributed by atoms with E-state index < -0.39 is 0 Å². The normalized spacial score (nSPS) is 26.5. The Balaban J connectivity index is 1.72. The van der Waals surface area contributed by atoms with Crippen molar-refractivity contribution in [2.75, 3.05) is 12.0 Å². The minimum Gasteiger partial charge on any atom is -0.495 e. The first-order valence-corrected chi connectivity index (χ1v) is 8.81. The summed E-state index contributed by atoms with van der Waals surface area (Å²) in [5.74, 6) is 0.490. The summed E-state index contributed by atoms with van der Waals surface area (Å²) in [7, 11) is 1.49. The van der Waals surface area contributed by atoms with Gasteiger partial charge in [-0.1, -0.05) is 24.3 Å². The molecule has 1 aliphatic carbocycles. The molecule has 2 bridgehead atoms. The number of fused-ring (bicyclic) bond motifs is 6. The maximum absolute atomic E-state index is 13.1. The smallest absolute Gasteiger partial charge is 0.332 e. The van der Waals surface area contributed by atoms with Crippen LogP contribution in [-0.4, -0.2) is 36.0 Å². The Bertz CT molecular complexity index is 981. The Kier molecular flexibility index (Phi) is 3.05. The number of carbonyl (C=O) groups is 2. The highest BCUT2D eigenvalue weighted by atomic mass is 16.5. The summed E-state index contributed by atoms with van der Waals surface area (Å²) in [5.41, 5.74) is 0.909. The van der Waals surface area contributed by atoms with Crippen LogP contribution in [0.15, 0.2) is 30.3 Å². The van der Waals surface area contributed by atoms with Crippen molar-refractivity contribution in [1.29, 1.82) is 5.26 Å². The number of benzene rings is 2. The highest BCUT2D eigenvalue weighted by Crippen LogP contribution is 2.48. The number of urea groups is 1. The number of carbonyl (C=O) groups excluding carboxylic acids is 2. The van der Waals surface area contributed by atoms with Crippen LogP contribution in [0.2, 0.25) is 0 Å². The third kappa shape index (κ3) is 1.75. The number of amides is 3. The number of hydrogen-bond donors (Lipinski definition) is 0. The van der Waals surface area contributed by atoms with Crippen molar-refractivity contribution in [1.82, 2.24) is 4.90 Å². The molecule has 2 unspecified atom stereocenters. The fourth-order valence-corrected chi connectivity index (χ4v) is 4.94. The molecule has 6 nitrogen and oxygen atoms in total. The molecule has 3 fully saturated rings. The van der Waals surface area contributed by atoms with E-state index in [1.165, 1.54) is 12.0 Å². The van der Waals surface area contributed by atoms with E-state index >= 15 is 0 Å². The van der Waals surface area contributed by atoms with Gasteiger partial charge in [0.15, 0.2) is 0 Å². The zero-order valence-electron chi connectivity index (χ0n) is 14.3. The summed E-state index contributed by atoms with van der Waals surface area (Å²) < 4.78 is 5.38. The van der Waals surface area contributed by atoms with Crippen LogP contribution >= 0.6 is 0 Å². The Morgan fingerprint density at radius 1 is 1.19 bits per heavy atom. The first-order chi connectivity index (χ1) is 12.7. The molecule has 0 spiro atoms. The fraction of sp³-hybridized carbons (Fsp3) is 0.350. The van der Waals surface area contributed by atoms with Crippen molar-refractivity contribution in [3.8, 4) is 11.8 Å². The first-order valence-electron chi connectivity index (χ1n) is 8.81. The molecule has 0 N–H and O–H groups in total. The second-order valence-corrected chi connectivity index (χ2v) is 7.17. The van der Waals surface area contributed by atoms with Crippen LogP contribution in [0.1, 0.15) is 24.8 Å². The number of methoxy groups -OCH3 is 1. The zero-order valence-corrected chi connectivity index (χ0v) is 14.3. The molecule has 26 heavy (non-hydrogen) atoms. The number of nitriles is 1. The fourth-order valence-electron chi connectivity index (χ4n) is 4.94. The van der Waals surface area contributed by atoms with Crippen LogP contribution in [-0.2, 0) is 4.79 Å². The van der Waals surface area contributed by atoms with Crippen molar-refractivity contribution in [2.45, 2.75) is 31.3 Å². The number of rotatable bonds is 2. The van der Waals surface area contributed by atoms with Gasteiger partial charge < -0.3 is 9.64 Å². The van der Waals surface area contributed by atoms with E-state index in [-0.39, 0.29) is 29.9 Å². The van der Waals surface area contributed by atoms with Gasteiger partial charge in [-0.15, -0.1) is 0 Å². The molecule has 0 aromatic heterocycles. The molecule has 130 valence electrons. The maximum atomic E-state index is 13.1. The number of piperidine rings is 1. The summed E-state index contributed by atoms with van der Waals surface area (Å²) in [6.07, 6.45) is 2.93. The van der Waals surface area contributed by atoms with Gasteiger partial charge in [0.2, 0.25) is 0 Å². The molecular weight excluding hydrogens is 330 g/mol. The lowest BCUT2D eigenvalue weighted by Crippen LogP contribution is -2.40. The van der Waals surface area contributed by atoms with E-state index in [2.05, 4.69) is 6.07 Å². The van der Waals surface area contributed by atoms with Gasteiger partial charge in [-0.25, -0.2) is 9.69 Å². The van der Waals surface area contributed by atoms with Crippen LogP contribution < -0.4 is 9.64 Å². The van der Waals surface area contributed by atoms with E-state index in [1.807, 2.05) is 24.3 Å². The van der Waals surface area contributed by atoms with E-state index in [0.29, 0.717) is 27.8 Å². The van der Waals surface area contributed by atoms with Gasteiger partial charge in [0, 0.05) is 22.9 Å². The largest absolute Gasteiger partial charge is 0.495 e. The molecule has 2 aromatic rings. The molecule has 1 saturated carbocycles. The van der Waals surface area contributed by atoms with Gasteiger partial charge in [-0.3, -0.25) is 4.79 Å².